The van der Waals surface area contributed by atoms with E-state index < -0.39 is 10.1 Å². The van der Waals surface area contributed by atoms with Gasteiger partial charge in [-0.25, -0.2) is 8.42 Å². The number of unbranched alkanes of at least 4 members (excludes halogenated alkanes) is 5. The van der Waals surface area contributed by atoms with Crippen LogP contribution in [0.3, 0.4) is 0 Å². The van der Waals surface area contributed by atoms with E-state index in [1.54, 1.807) is 4.90 Å². The Bertz CT molecular complexity index is 405. The van der Waals surface area contributed by atoms with Gasteiger partial charge in [-0.1, -0.05) is 46.0 Å². The molecule has 1 rings (SSSR count). The number of hydrogen-bond acceptors (Lipinski definition) is 3. The second-order valence-corrected chi connectivity index (χ2v) is 7.01. The van der Waals surface area contributed by atoms with Gasteiger partial charge in [0.2, 0.25) is 0 Å². The highest BCUT2D eigenvalue weighted by Gasteiger charge is 2.09. The molecule has 124 valence electrons. The molecular weight excluding hydrogens is 286 g/mol. The molecule has 0 aromatic heterocycles. The molecule has 1 aliphatic heterocycles. The van der Waals surface area contributed by atoms with Crippen LogP contribution in [0.15, 0.2) is 24.0 Å². The summed E-state index contributed by atoms with van der Waals surface area (Å²) in [7, 11) is -3.92. The lowest BCUT2D eigenvalue weighted by molar-refractivity contribution is -0.788. The van der Waals surface area contributed by atoms with Crippen LogP contribution in [-0.2, 0) is 10.1 Å². The zero-order valence-electron chi connectivity index (χ0n) is 13.7. The molecule has 0 bridgehead atoms. The Morgan fingerprint density at radius 1 is 1.05 bits per heavy atom. The number of rotatable bonds is 9. The minimum Gasteiger partial charge on any atom is -0.748 e. The first-order chi connectivity index (χ1) is 9.86. The average molecular weight is 317 g/mol. The van der Waals surface area contributed by atoms with Gasteiger partial charge in [0.25, 0.3) is 0 Å². The third-order valence-electron chi connectivity index (χ3n) is 3.24. The SMILES string of the molecule is CCCCCCCC[NH+]1C=CC(CCC)=C1.CS(=O)(=O)[O-]. The Morgan fingerprint density at radius 2 is 1.62 bits per heavy atom. The summed E-state index contributed by atoms with van der Waals surface area (Å²) in [6.07, 6.45) is 18.5. The van der Waals surface area contributed by atoms with E-state index in [1.807, 2.05) is 0 Å². The summed E-state index contributed by atoms with van der Waals surface area (Å²) < 4.78 is 27.2. The molecule has 0 aromatic carbocycles. The third-order valence-corrected chi connectivity index (χ3v) is 3.24. The first-order valence-corrected chi connectivity index (χ1v) is 9.83. The van der Waals surface area contributed by atoms with Crippen molar-refractivity contribution in [3.8, 4) is 0 Å². The van der Waals surface area contributed by atoms with Crippen LogP contribution < -0.4 is 4.90 Å². The van der Waals surface area contributed by atoms with Crippen LogP contribution in [0.5, 0.6) is 0 Å². The highest BCUT2D eigenvalue weighted by atomic mass is 32.2. The van der Waals surface area contributed by atoms with Crippen LogP contribution in [0.2, 0.25) is 0 Å². The van der Waals surface area contributed by atoms with E-state index in [-0.39, 0.29) is 0 Å². The van der Waals surface area contributed by atoms with Crippen LogP contribution in [0, 0.1) is 0 Å². The zero-order valence-corrected chi connectivity index (χ0v) is 14.5. The predicted molar refractivity (Wildman–Crippen MR) is 87.0 cm³/mol. The molecule has 0 fully saturated rings. The molecule has 5 heteroatoms. The summed E-state index contributed by atoms with van der Waals surface area (Å²) in [5.74, 6) is 0. The van der Waals surface area contributed by atoms with Crippen molar-refractivity contribution in [2.45, 2.75) is 65.2 Å². The minimum absolute atomic E-state index is 0.604. The Balaban J connectivity index is 0.000000690. The van der Waals surface area contributed by atoms with E-state index in [1.165, 1.54) is 63.5 Å². The number of allylic oxidation sites excluding steroid dienone is 2. The van der Waals surface area contributed by atoms with Gasteiger partial charge in [0.1, 0.15) is 6.20 Å². The summed E-state index contributed by atoms with van der Waals surface area (Å²) in [6.45, 7) is 5.81. The van der Waals surface area contributed by atoms with Crippen molar-refractivity contribution >= 4 is 10.1 Å². The lowest BCUT2D eigenvalue weighted by Gasteiger charge is -2.06. The molecular formula is C16H31NO3S. The summed E-state index contributed by atoms with van der Waals surface area (Å²) in [5, 5.41) is 0. The molecule has 1 N–H and O–H groups in total. The van der Waals surface area contributed by atoms with Gasteiger partial charge in [-0.3, -0.25) is 4.90 Å². The summed E-state index contributed by atoms with van der Waals surface area (Å²) in [5.41, 5.74) is 1.53. The fourth-order valence-electron chi connectivity index (χ4n) is 2.26. The Kier molecular flexibility index (Phi) is 11.6. The van der Waals surface area contributed by atoms with Crippen molar-refractivity contribution in [2.24, 2.45) is 0 Å². The van der Waals surface area contributed by atoms with Gasteiger partial charge < -0.3 is 4.55 Å². The van der Waals surface area contributed by atoms with E-state index in [0.29, 0.717) is 6.26 Å². The van der Waals surface area contributed by atoms with Crippen molar-refractivity contribution in [2.75, 3.05) is 12.8 Å². The number of nitrogens with one attached hydrogen (secondary N) is 1. The fraction of sp³-hybridized carbons (Fsp3) is 0.750. The van der Waals surface area contributed by atoms with Gasteiger partial charge >= 0.3 is 0 Å². The summed E-state index contributed by atoms with van der Waals surface area (Å²) in [6, 6.07) is 0. The lowest BCUT2D eigenvalue weighted by atomic mass is 10.1. The van der Waals surface area contributed by atoms with E-state index in [9.17, 15) is 0 Å². The molecule has 0 saturated heterocycles. The van der Waals surface area contributed by atoms with Gasteiger partial charge in [-0.05, 0) is 19.3 Å². The average Bonchev–Trinajstić information content (AvgIpc) is 2.80. The molecule has 0 saturated carbocycles. The van der Waals surface area contributed by atoms with Gasteiger partial charge in [-0.2, -0.15) is 0 Å². The molecule has 0 spiro atoms. The summed E-state index contributed by atoms with van der Waals surface area (Å²) >= 11 is 0. The Labute approximate surface area is 130 Å². The van der Waals surface area contributed by atoms with E-state index in [2.05, 4.69) is 32.3 Å². The first-order valence-electron chi connectivity index (χ1n) is 8.02. The Morgan fingerprint density at radius 3 is 2.19 bits per heavy atom. The van der Waals surface area contributed by atoms with Crippen molar-refractivity contribution in [1.82, 2.24) is 0 Å². The monoisotopic (exact) mass is 317 g/mol. The molecule has 0 aromatic rings. The van der Waals surface area contributed by atoms with E-state index >= 15 is 0 Å². The largest absolute Gasteiger partial charge is 0.748 e. The maximum atomic E-state index is 9.08. The topological polar surface area (TPSA) is 61.6 Å². The second-order valence-electron chi connectivity index (χ2n) is 5.60. The van der Waals surface area contributed by atoms with Crippen molar-refractivity contribution < 1.29 is 17.9 Å². The van der Waals surface area contributed by atoms with Crippen LogP contribution in [0.1, 0.15) is 65.2 Å². The van der Waals surface area contributed by atoms with Gasteiger partial charge in [-0.15, -0.1) is 0 Å². The molecule has 21 heavy (non-hydrogen) atoms. The Hall–Kier alpha value is -0.650. The summed E-state index contributed by atoms with van der Waals surface area (Å²) in [4.78, 5) is 1.55. The number of quaternary nitrogens is 1. The predicted octanol–water partition coefficient (Wildman–Crippen LogP) is 2.60. The quantitative estimate of drug-likeness (QED) is 0.525. The molecule has 0 amide bonds. The van der Waals surface area contributed by atoms with Crippen LogP contribution >= 0.6 is 0 Å². The maximum Gasteiger partial charge on any atom is 0.102 e. The molecule has 0 aliphatic carbocycles. The maximum absolute atomic E-state index is 9.08. The molecule has 1 unspecified atom stereocenters. The minimum atomic E-state index is -3.92. The molecule has 4 nitrogen and oxygen atoms in total. The molecule has 0 radical (unpaired) electrons. The number of hydrogen-bond donors (Lipinski definition) is 1. The zero-order chi connectivity index (χ0) is 16.1. The van der Waals surface area contributed by atoms with Crippen molar-refractivity contribution in [3.05, 3.63) is 24.0 Å². The molecule has 1 heterocycles. The molecule has 1 atom stereocenters. The normalized spacial score (nSPS) is 17.3. The highest BCUT2D eigenvalue weighted by molar-refractivity contribution is 7.84. The second kappa shape index (κ2) is 12.0. The van der Waals surface area contributed by atoms with E-state index in [0.717, 1.165) is 0 Å². The lowest BCUT2D eigenvalue weighted by Crippen LogP contribution is -3.01. The highest BCUT2D eigenvalue weighted by Crippen LogP contribution is 2.07. The first kappa shape index (κ1) is 20.3. The fourth-order valence-corrected chi connectivity index (χ4v) is 2.26. The van der Waals surface area contributed by atoms with E-state index in [4.69, 9.17) is 13.0 Å². The van der Waals surface area contributed by atoms with Gasteiger partial charge in [0.15, 0.2) is 0 Å². The van der Waals surface area contributed by atoms with Crippen molar-refractivity contribution in [3.63, 3.8) is 0 Å². The molecule has 1 aliphatic rings. The van der Waals surface area contributed by atoms with Crippen LogP contribution in [0.25, 0.3) is 0 Å². The van der Waals surface area contributed by atoms with Crippen molar-refractivity contribution in [1.29, 1.82) is 0 Å². The van der Waals surface area contributed by atoms with Gasteiger partial charge in [0.05, 0.1) is 22.9 Å². The smallest absolute Gasteiger partial charge is 0.102 e. The third kappa shape index (κ3) is 15.6. The van der Waals surface area contributed by atoms with Crippen LogP contribution in [0.4, 0.5) is 0 Å². The van der Waals surface area contributed by atoms with Gasteiger partial charge in [0, 0.05) is 17.9 Å². The standard InChI is InChI=1S/C15H27N.CH4O3S/c1-3-5-6-7-8-9-12-16-13-11-15(14-16)10-4-2;1-5(2,3)4/h11,13-14H,3-10,12H2,1-2H3;1H3,(H,2,3,4). The van der Waals surface area contributed by atoms with Crippen LogP contribution in [-0.4, -0.2) is 25.8 Å².